The highest BCUT2D eigenvalue weighted by Gasteiger charge is 1.96. The van der Waals surface area contributed by atoms with E-state index in [1.165, 1.54) is 11.1 Å². The van der Waals surface area contributed by atoms with E-state index in [0.717, 1.165) is 5.69 Å². The summed E-state index contributed by atoms with van der Waals surface area (Å²) in [7, 11) is 0. The summed E-state index contributed by atoms with van der Waals surface area (Å²) in [6.45, 7) is 0. The normalized spacial score (nSPS) is 9.85. The summed E-state index contributed by atoms with van der Waals surface area (Å²) in [6.07, 6.45) is 3.82. The fourth-order valence-electron chi connectivity index (χ4n) is 1.25. The summed E-state index contributed by atoms with van der Waals surface area (Å²) in [6, 6.07) is 11.9. The zero-order valence-electron chi connectivity index (χ0n) is 7.20. The third-order valence-electron chi connectivity index (χ3n) is 1.96. The predicted molar refractivity (Wildman–Crippen MR) is 52.8 cm³/mol. The van der Waals surface area contributed by atoms with Crippen LogP contribution in [0.4, 0.5) is 5.69 Å². The summed E-state index contributed by atoms with van der Waals surface area (Å²) in [5.41, 5.74) is 8.77. The lowest BCUT2D eigenvalue weighted by atomic mass is 10.1. The Morgan fingerprint density at radius 1 is 0.769 bits per heavy atom. The number of nitrogens with two attached hydrogens (primary N) is 1. The van der Waals surface area contributed by atoms with Crippen LogP contribution in [0.15, 0.2) is 48.8 Å². The molecule has 0 bridgehead atoms. The number of pyridine rings is 1. The number of aromatic amines is 1. The zero-order valence-corrected chi connectivity index (χ0v) is 7.20. The lowest BCUT2D eigenvalue weighted by Gasteiger charge is -1.98. The van der Waals surface area contributed by atoms with Gasteiger partial charge in [-0.25, -0.2) is 4.98 Å². The molecule has 2 aromatic rings. The molecule has 2 nitrogen and oxygen atoms in total. The first-order chi connectivity index (χ1) is 6.36. The van der Waals surface area contributed by atoms with E-state index >= 15 is 0 Å². The molecule has 0 atom stereocenters. The minimum absolute atomic E-state index is 0.797. The number of nitrogens with one attached hydrogen (secondary N) is 1. The molecule has 0 radical (unpaired) electrons. The van der Waals surface area contributed by atoms with Crippen LogP contribution < -0.4 is 10.7 Å². The topological polar surface area (TPSA) is 40.2 Å². The minimum Gasteiger partial charge on any atom is -0.399 e. The molecule has 0 fully saturated rings. The lowest BCUT2D eigenvalue weighted by Crippen LogP contribution is -1.96. The highest BCUT2D eigenvalue weighted by atomic mass is 14.6. The maximum Gasteiger partial charge on any atom is 0.167 e. The molecule has 0 saturated heterocycles. The Bertz CT molecular complexity index is 379. The first-order valence-corrected chi connectivity index (χ1v) is 4.18. The van der Waals surface area contributed by atoms with Gasteiger partial charge in [0.05, 0.1) is 0 Å². The number of benzene rings is 1. The molecule has 0 saturated carbocycles. The Hall–Kier alpha value is -1.83. The zero-order chi connectivity index (χ0) is 9.10. The Balaban J connectivity index is 2.42. The van der Waals surface area contributed by atoms with Gasteiger partial charge in [-0.3, -0.25) is 0 Å². The minimum atomic E-state index is 0.797. The van der Waals surface area contributed by atoms with Crippen molar-refractivity contribution in [2.75, 3.05) is 5.73 Å². The number of H-pyrrole nitrogens is 1. The van der Waals surface area contributed by atoms with Gasteiger partial charge in [-0.15, -0.1) is 0 Å². The standard InChI is InChI=1S/C11H10N2/c12-11-3-1-9(2-4-11)10-5-7-13-8-6-10/h1-8H,12H2/p+1. The van der Waals surface area contributed by atoms with E-state index in [4.69, 9.17) is 5.73 Å². The molecule has 3 N–H and O–H groups in total. The van der Waals surface area contributed by atoms with Crippen molar-refractivity contribution in [1.82, 2.24) is 0 Å². The average molecular weight is 171 g/mol. The lowest BCUT2D eigenvalue weighted by molar-refractivity contribution is -0.377. The maximum atomic E-state index is 5.60. The first kappa shape index (κ1) is 7.80. The molecule has 0 aliphatic heterocycles. The Morgan fingerprint density at radius 3 is 1.92 bits per heavy atom. The van der Waals surface area contributed by atoms with E-state index in [2.05, 4.69) is 4.98 Å². The Labute approximate surface area is 77.0 Å². The third-order valence-corrected chi connectivity index (χ3v) is 1.96. The van der Waals surface area contributed by atoms with Crippen molar-refractivity contribution in [3.8, 4) is 11.1 Å². The van der Waals surface area contributed by atoms with Gasteiger partial charge in [0, 0.05) is 17.8 Å². The molecule has 64 valence electrons. The molecule has 1 aromatic heterocycles. The Morgan fingerprint density at radius 2 is 1.31 bits per heavy atom. The molecule has 2 rings (SSSR count). The van der Waals surface area contributed by atoms with Crippen molar-refractivity contribution in [2.24, 2.45) is 0 Å². The summed E-state index contributed by atoms with van der Waals surface area (Å²) < 4.78 is 0. The number of aromatic nitrogens is 1. The largest absolute Gasteiger partial charge is 0.399 e. The van der Waals surface area contributed by atoms with Crippen molar-refractivity contribution in [2.45, 2.75) is 0 Å². The number of hydrogen-bond donors (Lipinski definition) is 1. The molecule has 0 amide bonds. The van der Waals surface area contributed by atoms with E-state index in [1.54, 1.807) is 0 Å². The van der Waals surface area contributed by atoms with Crippen LogP contribution in [-0.2, 0) is 0 Å². The highest BCUT2D eigenvalue weighted by molar-refractivity contribution is 5.64. The van der Waals surface area contributed by atoms with Crippen LogP contribution in [0.5, 0.6) is 0 Å². The van der Waals surface area contributed by atoms with Crippen LogP contribution in [0, 0.1) is 0 Å². The van der Waals surface area contributed by atoms with Crippen LogP contribution in [0.3, 0.4) is 0 Å². The van der Waals surface area contributed by atoms with E-state index < -0.39 is 0 Å². The fraction of sp³-hybridized carbons (Fsp3) is 0. The van der Waals surface area contributed by atoms with Gasteiger partial charge in [0.1, 0.15) is 0 Å². The quantitative estimate of drug-likeness (QED) is 0.652. The van der Waals surface area contributed by atoms with E-state index in [-0.39, 0.29) is 0 Å². The summed E-state index contributed by atoms with van der Waals surface area (Å²) in [5.74, 6) is 0. The molecule has 0 unspecified atom stereocenters. The van der Waals surface area contributed by atoms with Gasteiger partial charge in [0.15, 0.2) is 12.4 Å². The SMILES string of the molecule is Nc1ccc(-c2cc[nH+]cc2)cc1. The van der Waals surface area contributed by atoms with E-state index in [0.29, 0.717) is 0 Å². The van der Waals surface area contributed by atoms with E-state index in [9.17, 15) is 0 Å². The number of nitrogen functional groups attached to an aromatic ring is 1. The van der Waals surface area contributed by atoms with Crippen molar-refractivity contribution in [3.05, 3.63) is 48.8 Å². The fourth-order valence-corrected chi connectivity index (χ4v) is 1.25. The second-order valence-electron chi connectivity index (χ2n) is 2.91. The van der Waals surface area contributed by atoms with Gasteiger partial charge in [0.25, 0.3) is 0 Å². The van der Waals surface area contributed by atoms with Crippen LogP contribution in [0.25, 0.3) is 11.1 Å². The predicted octanol–water partition coefficient (Wildman–Crippen LogP) is 1.75. The van der Waals surface area contributed by atoms with Crippen LogP contribution in [0.1, 0.15) is 0 Å². The monoisotopic (exact) mass is 171 g/mol. The second kappa shape index (κ2) is 3.27. The van der Waals surface area contributed by atoms with Crippen molar-refractivity contribution in [1.29, 1.82) is 0 Å². The van der Waals surface area contributed by atoms with E-state index in [1.807, 2.05) is 48.8 Å². The molecule has 1 heterocycles. The van der Waals surface area contributed by atoms with Crippen molar-refractivity contribution >= 4 is 5.69 Å². The molecule has 0 aliphatic carbocycles. The van der Waals surface area contributed by atoms with Crippen LogP contribution in [0.2, 0.25) is 0 Å². The molecule has 0 aliphatic rings. The second-order valence-corrected chi connectivity index (χ2v) is 2.91. The molecule has 2 heteroatoms. The van der Waals surface area contributed by atoms with Crippen LogP contribution >= 0.6 is 0 Å². The molecule has 13 heavy (non-hydrogen) atoms. The Kier molecular flexibility index (Phi) is 1.96. The van der Waals surface area contributed by atoms with Gasteiger partial charge in [-0.2, -0.15) is 0 Å². The number of anilines is 1. The average Bonchev–Trinajstić information content (AvgIpc) is 2.20. The smallest absolute Gasteiger partial charge is 0.167 e. The first-order valence-electron chi connectivity index (χ1n) is 4.18. The van der Waals surface area contributed by atoms with Gasteiger partial charge in [0.2, 0.25) is 0 Å². The van der Waals surface area contributed by atoms with Crippen molar-refractivity contribution in [3.63, 3.8) is 0 Å². The molecule has 0 spiro atoms. The van der Waals surface area contributed by atoms with Gasteiger partial charge in [-0.05, 0) is 23.3 Å². The van der Waals surface area contributed by atoms with Crippen LogP contribution in [-0.4, -0.2) is 0 Å². The van der Waals surface area contributed by atoms with Gasteiger partial charge < -0.3 is 5.73 Å². The maximum absolute atomic E-state index is 5.60. The van der Waals surface area contributed by atoms with Crippen molar-refractivity contribution < 1.29 is 4.98 Å². The summed E-state index contributed by atoms with van der Waals surface area (Å²) in [5, 5.41) is 0. The van der Waals surface area contributed by atoms with Gasteiger partial charge >= 0.3 is 0 Å². The van der Waals surface area contributed by atoms with Gasteiger partial charge in [-0.1, -0.05) is 12.1 Å². The molecular formula is C11H11N2+. The molecular weight excluding hydrogens is 160 g/mol. The summed E-state index contributed by atoms with van der Waals surface area (Å²) >= 11 is 0. The third kappa shape index (κ3) is 1.67. The number of rotatable bonds is 1. The highest BCUT2D eigenvalue weighted by Crippen LogP contribution is 2.18. The molecule has 1 aromatic carbocycles. The summed E-state index contributed by atoms with van der Waals surface area (Å²) in [4.78, 5) is 2.99. The number of hydrogen-bond acceptors (Lipinski definition) is 1.